The molecule has 5 N–H and O–H groups in total. The topological polar surface area (TPSA) is 117 Å². The summed E-state index contributed by atoms with van der Waals surface area (Å²) in [4.78, 5) is 25.2. The second-order valence-corrected chi connectivity index (χ2v) is 4.16. The molecule has 1 atom stereocenters. The van der Waals surface area contributed by atoms with Crippen molar-refractivity contribution in [1.29, 1.82) is 0 Å². The summed E-state index contributed by atoms with van der Waals surface area (Å²) in [6, 6.07) is -1.10. The van der Waals surface area contributed by atoms with Gasteiger partial charge in [-0.1, -0.05) is 0 Å². The molecule has 0 aromatic carbocycles. The molecule has 1 aromatic rings. The van der Waals surface area contributed by atoms with Gasteiger partial charge in [-0.15, -0.1) is 11.3 Å². The van der Waals surface area contributed by atoms with Crippen LogP contribution in [0, 0.1) is 0 Å². The highest BCUT2D eigenvalue weighted by Crippen LogP contribution is 2.19. The van der Waals surface area contributed by atoms with E-state index in [2.05, 4.69) is 15.6 Å². The minimum absolute atomic E-state index is 0.0977. The molecular weight excluding hydrogens is 244 g/mol. The molecule has 7 nitrogen and oxygen atoms in total. The number of anilines is 1. The average Bonchev–Trinajstić information content (AvgIpc) is 2.71. The number of aromatic nitrogens is 1. The fraction of sp³-hybridized carbons (Fsp3) is 0.444. The smallest absolute Gasteiger partial charge is 0.326 e. The highest BCUT2D eigenvalue weighted by molar-refractivity contribution is 7.13. The van der Waals surface area contributed by atoms with Gasteiger partial charge < -0.3 is 21.5 Å². The van der Waals surface area contributed by atoms with E-state index in [4.69, 9.17) is 10.8 Å². The zero-order valence-electron chi connectivity index (χ0n) is 9.27. The first-order chi connectivity index (χ1) is 8.00. The van der Waals surface area contributed by atoms with E-state index in [1.807, 2.05) is 0 Å². The molecule has 1 amide bonds. The van der Waals surface area contributed by atoms with Gasteiger partial charge in [-0.25, -0.2) is 4.98 Å². The first-order valence-electron chi connectivity index (χ1n) is 4.93. The normalized spacial score (nSPS) is 11.9. The van der Waals surface area contributed by atoms with E-state index in [1.165, 1.54) is 18.3 Å². The molecule has 1 aromatic heterocycles. The van der Waals surface area contributed by atoms with Crippen molar-refractivity contribution in [2.75, 3.05) is 18.4 Å². The number of thiazole rings is 1. The number of nitrogens with zero attached hydrogens (tertiary/aromatic N) is 1. The van der Waals surface area contributed by atoms with Crippen LogP contribution in [-0.2, 0) is 9.59 Å². The van der Waals surface area contributed by atoms with Gasteiger partial charge in [0.1, 0.15) is 6.04 Å². The van der Waals surface area contributed by atoms with E-state index in [9.17, 15) is 9.59 Å². The van der Waals surface area contributed by atoms with Crippen LogP contribution in [0.1, 0.15) is 18.7 Å². The van der Waals surface area contributed by atoms with Crippen molar-refractivity contribution < 1.29 is 14.7 Å². The van der Waals surface area contributed by atoms with Crippen LogP contribution in [0.2, 0.25) is 0 Å². The van der Waals surface area contributed by atoms with Gasteiger partial charge in [0.15, 0.2) is 5.13 Å². The number of amides is 1. The van der Waals surface area contributed by atoms with Crippen LogP contribution in [0.15, 0.2) is 5.38 Å². The van der Waals surface area contributed by atoms with Crippen LogP contribution < -0.4 is 16.4 Å². The third kappa shape index (κ3) is 4.37. The number of hydrogen-bond acceptors (Lipinski definition) is 6. The lowest BCUT2D eigenvalue weighted by atomic mass is 10.2. The molecule has 1 heterocycles. The number of rotatable bonds is 6. The van der Waals surface area contributed by atoms with Crippen LogP contribution >= 0.6 is 11.3 Å². The Morgan fingerprint density at radius 2 is 2.29 bits per heavy atom. The fourth-order valence-electron chi connectivity index (χ4n) is 1.04. The second kappa shape index (κ2) is 6.16. The zero-order chi connectivity index (χ0) is 12.8. The highest BCUT2D eigenvalue weighted by Gasteiger charge is 2.17. The minimum atomic E-state index is -1.11. The van der Waals surface area contributed by atoms with Gasteiger partial charge in [-0.3, -0.25) is 9.59 Å². The van der Waals surface area contributed by atoms with Gasteiger partial charge in [0.25, 0.3) is 0 Å². The summed E-state index contributed by atoms with van der Waals surface area (Å²) in [6.45, 7) is 2.44. The van der Waals surface area contributed by atoms with E-state index in [0.717, 1.165) is 0 Å². The number of nitrogens with two attached hydrogens (primary N) is 1. The Morgan fingerprint density at radius 3 is 2.88 bits per heavy atom. The van der Waals surface area contributed by atoms with Crippen molar-refractivity contribution in [2.45, 2.75) is 13.0 Å². The maximum atomic E-state index is 10.6. The van der Waals surface area contributed by atoms with Gasteiger partial charge in [-0.05, 0) is 0 Å². The molecular formula is C9H14N4O3S. The predicted molar refractivity (Wildman–Crippen MR) is 63.9 cm³/mol. The molecule has 0 fully saturated rings. The number of carboxylic acid groups (broad SMARTS) is 1. The molecule has 0 saturated carbocycles. The monoisotopic (exact) mass is 258 g/mol. The molecule has 0 aliphatic rings. The Balaban J connectivity index is 2.41. The summed E-state index contributed by atoms with van der Waals surface area (Å²) in [5.41, 5.74) is 5.73. The maximum absolute atomic E-state index is 10.6. The third-order valence-electron chi connectivity index (χ3n) is 1.88. The van der Waals surface area contributed by atoms with Gasteiger partial charge in [0.05, 0.1) is 5.69 Å². The molecule has 94 valence electrons. The Kier molecular flexibility index (Phi) is 4.85. The maximum Gasteiger partial charge on any atom is 0.326 e. The lowest BCUT2D eigenvalue weighted by Crippen LogP contribution is -2.26. The second-order valence-electron chi connectivity index (χ2n) is 3.30. The molecule has 0 spiro atoms. The van der Waals surface area contributed by atoms with Crippen molar-refractivity contribution in [1.82, 2.24) is 10.3 Å². The van der Waals surface area contributed by atoms with Gasteiger partial charge in [0, 0.05) is 25.4 Å². The molecule has 0 aliphatic heterocycles. The summed E-state index contributed by atoms with van der Waals surface area (Å²) in [6.07, 6.45) is 0. The minimum Gasteiger partial charge on any atom is -0.480 e. The fourth-order valence-corrected chi connectivity index (χ4v) is 1.82. The number of carbonyl (C=O) groups is 2. The molecule has 0 radical (unpaired) electrons. The van der Waals surface area contributed by atoms with Crippen LogP contribution in [0.3, 0.4) is 0 Å². The molecule has 0 saturated heterocycles. The van der Waals surface area contributed by atoms with Gasteiger partial charge in [0.2, 0.25) is 5.91 Å². The van der Waals surface area contributed by atoms with E-state index in [0.29, 0.717) is 23.9 Å². The van der Waals surface area contributed by atoms with Crippen molar-refractivity contribution in [3.8, 4) is 0 Å². The third-order valence-corrected chi connectivity index (χ3v) is 2.70. The van der Waals surface area contributed by atoms with Crippen molar-refractivity contribution in [3.05, 3.63) is 11.1 Å². The largest absolute Gasteiger partial charge is 0.480 e. The van der Waals surface area contributed by atoms with Crippen LogP contribution in [0.25, 0.3) is 0 Å². The molecule has 8 heteroatoms. The Hall–Kier alpha value is -1.67. The van der Waals surface area contributed by atoms with Crippen LogP contribution in [0.4, 0.5) is 5.13 Å². The Labute approximate surface area is 102 Å². The van der Waals surface area contributed by atoms with E-state index < -0.39 is 12.0 Å². The zero-order valence-corrected chi connectivity index (χ0v) is 10.1. The number of nitrogens with one attached hydrogen (secondary N) is 2. The van der Waals surface area contributed by atoms with E-state index >= 15 is 0 Å². The van der Waals surface area contributed by atoms with Crippen molar-refractivity contribution >= 4 is 28.3 Å². The highest BCUT2D eigenvalue weighted by atomic mass is 32.1. The summed E-state index contributed by atoms with van der Waals surface area (Å²) >= 11 is 1.28. The number of hydrogen-bond donors (Lipinski definition) is 4. The number of carbonyl (C=O) groups excluding carboxylic acids is 1. The van der Waals surface area contributed by atoms with Crippen molar-refractivity contribution in [2.24, 2.45) is 5.73 Å². The first kappa shape index (κ1) is 13.4. The molecule has 0 bridgehead atoms. The molecule has 1 unspecified atom stereocenters. The summed E-state index contributed by atoms with van der Waals surface area (Å²) in [5, 5.41) is 16.5. The Bertz CT molecular complexity index is 407. The summed E-state index contributed by atoms with van der Waals surface area (Å²) in [7, 11) is 0. The molecule has 1 rings (SSSR count). The summed E-state index contributed by atoms with van der Waals surface area (Å²) < 4.78 is 0. The quantitative estimate of drug-likeness (QED) is 0.524. The number of aliphatic carboxylic acids is 1. The van der Waals surface area contributed by atoms with Crippen LogP contribution in [0.5, 0.6) is 0 Å². The van der Waals surface area contributed by atoms with Crippen molar-refractivity contribution in [3.63, 3.8) is 0 Å². The summed E-state index contributed by atoms with van der Waals surface area (Å²) in [5.74, 6) is -1.21. The lowest BCUT2D eigenvalue weighted by molar-refractivity contribution is -0.138. The Morgan fingerprint density at radius 1 is 1.59 bits per heavy atom. The predicted octanol–water partition coefficient (Wildman–Crippen LogP) is -0.224. The van der Waals surface area contributed by atoms with Crippen LogP contribution in [-0.4, -0.2) is 35.1 Å². The molecule has 17 heavy (non-hydrogen) atoms. The number of carboxylic acids is 1. The average molecular weight is 258 g/mol. The SMILES string of the molecule is CC(=O)NCCNc1nc(C(N)C(=O)O)cs1. The lowest BCUT2D eigenvalue weighted by Gasteiger charge is -2.03. The van der Waals surface area contributed by atoms with E-state index in [-0.39, 0.29) is 5.91 Å². The molecule has 0 aliphatic carbocycles. The van der Waals surface area contributed by atoms with Gasteiger partial charge >= 0.3 is 5.97 Å². The van der Waals surface area contributed by atoms with Gasteiger partial charge in [-0.2, -0.15) is 0 Å². The van der Waals surface area contributed by atoms with E-state index in [1.54, 1.807) is 5.38 Å². The standard InChI is InChI=1S/C9H14N4O3S/c1-5(14)11-2-3-12-9-13-6(4-17-9)7(10)8(15)16/h4,7H,2-3,10H2,1H3,(H,11,14)(H,12,13)(H,15,16). The first-order valence-corrected chi connectivity index (χ1v) is 5.81.